The molecule has 0 radical (unpaired) electrons. The lowest BCUT2D eigenvalue weighted by atomic mass is 9.98. The van der Waals surface area contributed by atoms with Gasteiger partial charge in [0.1, 0.15) is 0 Å². The largest absolute Gasteiger partial charge is 0.326 e. The molecule has 1 aliphatic rings. The number of carbonyl (C=O) groups excluding carboxylic acids is 1. The molecule has 0 spiro atoms. The minimum absolute atomic E-state index is 0.265. The van der Waals surface area contributed by atoms with Gasteiger partial charge in [0.2, 0.25) is 4.33 Å². The predicted molar refractivity (Wildman–Crippen MR) is 75.1 cm³/mol. The Kier molecular flexibility index (Phi) is 4.21. The minimum atomic E-state index is -1.36. The fourth-order valence-corrected chi connectivity index (χ4v) is 2.63. The van der Waals surface area contributed by atoms with Crippen LogP contribution < -0.4 is 0 Å². The molecule has 96 valence electrons. The van der Waals surface area contributed by atoms with Crippen molar-refractivity contribution in [1.82, 2.24) is 4.90 Å². The summed E-state index contributed by atoms with van der Waals surface area (Å²) in [5, 5.41) is 0. The van der Waals surface area contributed by atoms with Gasteiger partial charge >= 0.3 is 0 Å². The Morgan fingerprint density at radius 1 is 1.28 bits per heavy atom. The van der Waals surface area contributed by atoms with Crippen molar-refractivity contribution in [1.29, 1.82) is 0 Å². The van der Waals surface area contributed by atoms with E-state index in [1.54, 1.807) is 17.1 Å². The lowest BCUT2D eigenvalue weighted by Gasteiger charge is -2.48. The predicted octanol–water partition coefficient (Wildman–Crippen LogP) is 3.37. The topological polar surface area (TPSA) is 20.3 Å². The molecule has 1 fully saturated rings. The maximum atomic E-state index is 11.9. The second-order valence-electron chi connectivity index (χ2n) is 4.07. The van der Waals surface area contributed by atoms with Gasteiger partial charge in [-0.05, 0) is 5.56 Å². The molecule has 1 aliphatic heterocycles. The van der Waals surface area contributed by atoms with Crippen LogP contribution in [0, 0.1) is 0 Å². The average Bonchev–Trinajstić information content (AvgIpc) is 2.38. The highest BCUT2D eigenvalue weighted by Gasteiger charge is 2.57. The summed E-state index contributed by atoms with van der Waals surface area (Å²) in [7, 11) is 0. The van der Waals surface area contributed by atoms with E-state index in [-0.39, 0.29) is 11.9 Å². The van der Waals surface area contributed by atoms with Gasteiger partial charge < -0.3 is 4.90 Å². The van der Waals surface area contributed by atoms with Crippen LogP contribution in [0.3, 0.4) is 0 Å². The van der Waals surface area contributed by atoms with Crippen LogP contribution in [0.2, 0.25) is 0 Å². The third-order valence-electron chi connectivity index (χ3n) is 2.86. The molecule has 1 aromatic rings. The maximum absolute atomic E-state index is 11.9. The van der Waals surface area contributed by atoms with Crippen molar-refractivity contribution in [2.75, 3.05) is 5.88 Å². The number of hydrogen-bond donors (Lipinski definition) is 0. The zero-order valence-corrected chi connectivity index (χ0v) is 11.8. The normalized spacial score (nSPS) is 22.3. The van der Waals surface area contributed by atoms with Crippen LogP contribution in [0.4, 0.5) is 0 Å². The minimum Gasteiger partial charge on any atom is -0.326 e. The van der Waals surface area contributed by atoms with Gasteiger partial charge in [-0.3, -0.25) is 4.79 Å². The SMILES string of the molecule is O=C1N(Cc2ccccc2)C(/C=C/CCl)C1(Cl)Cl. The smallest absolute Gasteiger partial charge is 0.262 e. The van der Waals surface area contributed by atoms with Crippen LogP contribution in [0.5, 0.6) is 0 Å². The summed E-state index contributed by atoms with van der Waals surface area (Å²) in [6.07, 6.45) is 3.52. The molecular formula is C13H12Cl3NO. The molecule has 1 saturated heterocycles. The second kappa shape index (κ2) is 5.52. The summed E-state index contributed by atoms with van der Waals surface area (Å²) in [6.45, 7) is 0.498. The number of β-lactam (4-membered cyclic amide) rings is 1. The highest BCUT2D eigenvalue weighted by atomic mass is 35.5. The number of benzene rings is 1. The number of allylic oxidation sites excluding steroid dienone is 1. The summed E-state index contributed by atoms with van der Waals surface area (Å²) >= 11 is 17.6. The number of alkyl halides is 3. The highest BCUT2D eigenvalue weighted by molar-refractivity contribution is 6.60. The standard InChI is InChI=1S/C13H12Cl3NO/c14-8-4-7-11-13(15,16)12(18)17(11)9-10-5-2-1-3-6-10/h1-7,11H,8-9H2/b7-4+. The lowest BCUT2D eigenvalue weighted by molar-refractivity contribution is -0.146. The Bertz CT molecular complexity index is 459. The first-order chi connectivity index (χ1) is 8.57. The molecule has 1 unspecified atom stereocenters. The second-order valence-corrected chi connectivity index (χ2v) is 5.76. The zero-order valence-electron chi connectivity index (χ0n) is 9.52. The maximum Gasteiger partial charge on any atom is 0.262 e. The number of amides is 1. The van der Waals surface area contributed by atoms with E-state index < -0.39 is 4.33 Å². The number of likely N-dealkylation sites (tertiary alicyclic amines) is 1. The van der Waals surface area contributed by atoms with Crippen molar-refractivity contribution in [2.45, 2.75) is 16.9 Å². The van der Waals surface area contributed by atoms with Crippen LogP contribution >= 0.6 is 34.8 Å². The van der Waals surface area contributed by atoms with Crippen LogP contribution in [-0.4, -0.2) is 27.1 Å². The average molecular weight is 305 g/mol. The van der Waals surface area contributed by atoms with E-state index in [1.165, 1.54) is 0 Å². The van der Waals surface area contributed by atoms with Crippen molar-refractivity contribution in [3.63, 3.8) is 0 Å². The van der Waals surface area contributed by atoms with Crippen molar-refractivity contribution >= 4 is 40.7 Å². The third kappa shape index (κ3) is 2.51. The van der Waals surface area contributed by atoms with Gasteiger partial charge in [-0.2, -0.15) is 0 Å². The third-order valence-corrected chi connectivity index (χ3v) is 3.81. The van der Waals surface area contributed by atoms with Gasteiger partial charge in [-0.15, -0.1) is 11.6 Å². The number of nitrogens with zero attached hydrogens (tertiary/aromatic N) is 1. The van der Waals surface area contributed by atoms with Crippen molar-refractivity contribution in [2.24, 2.45) is 0 Å². The number of halogens is 3. The molecule has 0 aliphatic carbocycles. The molecule has 0 N–H and O–H groups in total. The fraction of sp³-hybridized carbons (Fsp3) is 0.308. The van der Waals surface area contributed by atoms with Gasteiger partial charge in [-0.25, -0.2) is 0 Å². The molecular weight excluding hydrogens is 293 g/mol. The Hall–Kier alpha value is -0.700. The van der Waals surface area contributed by atoms with Crippen LogP contribution in [0.15, 0.2) is 42.5 Å². The van der Waals surface area contributed by atoms with Crippen molar-refractivity contribution in [3.05, 3.63) is 48.0 Å². The van der Waals surface area contributed by atoms with Gasteiger partial charge in [0.05, 0.1) is 6.04 Å². The van der Waals surface area contributed by atoms with Crippen LogP contribution in [-0.2, 0) is 11.3 Å². The summed E-state index contributed by atoms with van der Waals surface area (Å²) in [5.41, 5.74) is 1.04. The summed E-state index contributed by atoms with van der Waals surface area (Å²) in [5.74, 6) is 0.104. The van der Waals surface area contributed by atoms with Crippen molar-refractivity contribution in [3.8, 4) is 0 Å². The van der Waals surface area contributed by atoms with E-state index >= 15 is 0 Å². The Morgan fingerprint density at radius 2 is 1.94 bits per heavy atom. The van der Waals surface area contributed by atoms with Gasteiger partial charge in [0.15, 0.2) is 0 Å². The van der Waals surface area contributed by atoms with E-state index in [0.29, 0.717) is 12.4 Å². The summed E-state index contributed by atoms with van der Waals surface area (Å²) < 4.78 is -1.36. The molecule has 0 bridgehead atoms. The Balaban J connectivity index is 2.12. The molecule has 1 heterocycles. The molecule has 2 rings (SSSR count). The van der Waals surface area contributed by atoms with E-state index in [0.717, 1.165) is 5.56 Å². The van der Waals surface area contributed by atoms with Crippen molar-refractivity contribution < 1.29 is 4.79 Å². The molecule has 2 nitrogen and oxygen atoms in total. The van der Waals surface area contributed by atoms with Crippen LogP contribution in [0.25, 0.3) is 0 Å². The van der Waals surface area contributed by atoms with Crippen LogP contribution in [0.1, 0.15) is 5.56 Å². The summed E-state index contributed by atoms with van der Waals surface area (Å²) in [6, 6.07) is 9.37. The lowest BCUT2D eigenvalue weighted by Crippen LogP contribution is -2.66. The number of carbonyl (C=O) groups is 1. The summed E-state index contributed by atoms with van der Waals surface area (Å²) in [4.78, 5) is 13.5. The monoisotopic (exact) mass is 303 g/mol. The zero-order chi connectivity index (χ0) is 13.2. The highest BCUT2D eigenvalue weighted by Crippen LogP contribution is 2.42. The van der Waals surface area contributed by atoms with E-state index in [4.69, 9.17) is 34.8 Å². The first-order valence-corrected chi connectivity index (χ1v) is 6.82. The van der Waals surface area contributed by atoms with E-state index in [2.05, 4.69) is 0 Å². The molecule has 0 aromatic heterocycles. The first-order valence-electron chi connectivity index (χ1n) is 5.53. The first kappa shape index (κ1) is 13.7. The Labute approximate surface area is 121 Å². The fourth-order valence-electron chi connectivity index (χ4n) is 1.93. The molecule has 18 heavy (non-hydrogen) atoms. The van der Waals surface area contributed by atoms with E-state index in [9.17, 15) is 4.79 Å². The molecule has 1 aromatic carbocycles. The van der Waals surface area contributed by atoms with Gasteiger partial charge in [-0.1, -0.05) is 65.7 Å². The van der Waals surface area contributed by atoms with Gasteiger partial charge in [0.25, 0.3) is 5.91 Å². The van der Waals surface area contributed by atoms with E-state index in [1.807, 2.05) is 30.3 Å². The molecule has 1 amide bonds. The van der Waals surface area contributed by atoms with Gasteiger partial charge in [0, 0.05) is 12.4 Å². The Morgan fingerprint density at radius 3 is 2.56 bits per heavy atom. The molecule has 5 heteroatoms. The number of rotatable bonds is 4. The molecule has 1 atom stereocenters. The number of hydrogen-bond acceptors (Lipinski definition) is 1. The quantitative estimate of drug-likeness (QED) is 0.474. The molecule has 0 saturated carbocycles.